The molecule has 0 aliphatic carbocycles. The maximum atomic E-state index is 12.0. The molecule has 0 radical (unpaired) electrons. The molecule has 0 atom stereocenters. The molecule has 1 aliphatic heterocycles. The Labute approximate surface area is 123 Å². The van der Waals surface area contributed by atoms with Gasteiger partial charge in [0.1, 0.15) is 0 Å². The molecular weight excluding hydrogens is 304 g/mol. The summed E-state index contributed by atoms with van der Waals surface area (Å²) in [4.78, 5) is 16.3. The standard InChI is InChI=1S/C15H21BrN2O/c1-12(2)11-15(19)18-9-7-17(8-10-18)14-5-3-13(16)4-6-14/h3-6,12H,7-11H2,1-2H3. The van der Waals surface area contributed by atoms with Crippen LogP contribution in [0.1, 0.15) is 20.3 Å². The van der Waals surface area contributed by atoms with Crippen LogP contribution >= 0.6 is 15.9 Å². The topological polar surface area (TPSA) is 23.6 Å². The first-order valence-corrected chi connectivity index (χ1v) is 7.64. The molecule has 1 aromatic rings. The van der Waals surface area contributed by atoms with Crippen molar-refractivity contribution in [1.82, 2.24) is 4.90 Å². The molecule has 1 amide bonds. The quantitative estimate of drug-likeness (QED) is 0.852. The minimum absolute atomic E-state index is 0.297. The molecule has 4 heteroatoms. The fourth-order valence-electron chi connectivity index (χ4n) is 2.34. The third-order valence-electron chi connectivity index (χ3n) is 3.41. The Morgan fingerprint density at radius 2 is 1.74 bits per heavy atom. The summed E-state index contributed by atoms with van der Waals surface area (Å²) in [5.74, 6) is 0.738. The summed E-state index contributed by atoms with van der Waals surface area (Å²) in [7, 11) is 0. The molecule has 1 heterocycles. The van der Waals surface area contributed by atoms with Gasteiger partial charge >= 0.3 is 0 Å². The first-order chi connectivity index (χ1) is 9.06. The van der Waals surface area contributed by atoms with E-state index in [1.807, 2.05) is 4.90 Å². The summed E-state index contributed by atoms with van der Waals surface area (Å²) in [5.41, 5.74) is 1.24. The average Bonchev–Trinajstić information content (AvgIpc) is 2.39. The van der Waals surface area contributed by atoms with Gasteiger partial charge in [-0.2, -0.15) is 0 Å². The van der Waals surface area contributed by atoms with E-state index in [4.69, 9.17) is 0 Å². The van der Waals surface area contributed by atoms with E-state index in [2.05, 4.69) is 58.9 Å². The molecule has 1 aromatic carbocycles. The van der Waals surface area contributed by atoms with Gasteiger partial charge in [0.2, 0.25) is 5.91 Å². The fraction of sp³-hybridized carbons (Fsp3) is 0.533. The lowest BCUT2D eigenvalue weighted by Gasteiger charge is -2.36. The molecule has 0 bridgehead atoms. The Morgan fingerprint density at radius 1 is 1.16 bits per heavy atom. The van der Waals surface area contributed by atoms with Gasteiger partial charge in [-0.15, -0.1) is 0 Å². The zero-order valence-electron chi connectivity index (χ0n) is 11.6. The number of piperazine rings is 1. The van der Waals surface area contributed by atoms with Crippen molar-refractivity contribution >= 4 is 27.5 Å². The van der Waals surface area contributed by atoms with Crippen LogP contribution in [0, 0.1) is 5.92 Å². The van der Waals surface area contributed by atoms with Crippen molar-refractivity contribution in [2.45, 2.75) is 20.3 Å². The van der Waals surface area contributed by atoms with Crippen LogP contribution in [0.15, 0.2) is 28.7 Å². The van der Waals surface area contributed by atoms with Crippen LogP contribution < -0.4 is 4.90 Å². The SMILES string of the molecule is CC(C)CC(=O)N1CCN(c2ccc(Br)cc2)CC1. The van der Waals surface area contributed by atoms with E-state index < -0.39 is 0 Å². The van der Waals surface area contributed by atoms with E-state index in [9.17, 15) is 4.79 Å². The lowest BCUT2D eigenvalue weighted by molar-refractivity contribution is -0.132. The van der Waals surface area contributed by atoms with Crippen molar-refractivity contribution < 1.29 is 4.79 Å². The van der Waals surface area contributed by atoms with E-state index in [1.165, 1.54) is 5.69 Å². The predicted octanol–water partition coefficient (Wildman–Crippen LogP) is 3.14. The van der Waals surface area contributed by atoms with Crippen LogP contribution in [-0.4, -0.2) is 37.0 Å². The van der Waals surface area contributed by atoms with Gasteiger partial charge in [0.25, 0.3) is 0 Å². The molecule has 3 nitrogen and oxygen atoms in total. The third-order valence-corrected chi connectivity index (χ3v) is 3.94. The molecule has 0 N–H and O–H groups in total. The number of hydrogen-bond acceptors (Lipinski definition) is 2. The molecule has 0 spiro atoms. The number of carbonyl (C=O) groups excluding carboxylic acids is 1. The van der Waals surface area contributed by atoms with Gasteiger partial charge < -0.3 is 9.80 Å². The molecule has 1 saturated heterocycles. The fourth-order valence-corrected chi connectivity index (χ4v) is 2.61. The minimum Gasteiger partial charge on any atom is -0.368 e. The molecule has 0 saturated carbocycles. The Balaban J connectivity index is 1.88. The third kappa shape index (κ3) is 3.96. The van der Waals surface area contributed by atoms with E-state index in [-0.39, 0.29) is 0 Å². The summed E-state index contributed by atoms with van der Waals surface area (Å²) in [5, 5.41) is 0. The zero-order chi connectivity index (χ0) is 13.8. The highest BCUT2D eigenvalue weighted by Gasteiger charge is 2.21. The van der Waals surface area contributed by atoms with Gasteiger partial charge in [0, 0.05) is 42.8 Å². The summed E-state index contributed by atoms with van der Waals surface area (Å²) >= 11 is 3.45. The van der Waals surface area contributed by atoms with Crippen LogP contribution in [0.3, 0.4) is 0 Å². The number of amides is 1. The van der Waals surface area contributed by atoms with E-state index in [1.54, 1.807) is 0 Å². The van der Waals surface area contributed by atoms with Crippen LogP contribution in [0.5, 0.6) is 0 Å². The van der Waals surface area contributed by atoms with Crippen molar-refractivity contribution in [3.63, 3.8) is 0 Å². The Morgan fingerprint density at radius 3 is 2.26 bits per heavy atom. The van der Waals surface area contributed by atoms with Crippen molar-refractivity contribution in [2.24, 2.45) is 5.92 Å². The molecule has 0 unspecified atom stereocenters. The number of nitrogens with zero attached hydrogens (tertiary/aromatic N) is 2. The smallest absolute Gasteiger partial charge is 0.222 e. The average molecular weight is 325 g/mol. The van der Waals surface area contributed by atoms with Crippen molar-refractivity contribution in [3.05, 3.63) is 28.7 Å². The lowest BCUT2D eigenvalue weighted by Crippen LogP contribution is -2.49. The Bertz CT molecular complexity index is 422. The highest BCUT2D eigenvalue weighted by molar-refractivity contribution is 9.10. The number of carbonyl (C=O) groups is 1. The molecule has 19 heavy (non-hydrogen) atoms. The largest absolute Gasteiger partial charge is 0.368 e. The summed E-state index contributed by atoms with van der Waals surface area (Å²) in [6, 6.07) is 8.36. The number of rotatable bonds is 3. The highest BCUT2D eigenvalue weighted by Crippen LogP contribution is 2.20. The second-order valence-corrected chi connectivity index (χ2v) is 6.36. The van der Waals surface area contributed by atoms with Crippen molar-refractivity contribution in [2.75, 3.05) is 31.1 Å². The van der Waals surface area contributed by atoms with Gasteiger partial charge in [-0.3, -0.25) is 4.79 Å². The molecular formula is C15H21BrN2O. The highest BCUT2D eigenvalue weighted by atomic mass is 79.9. The van der Waals surface area contributed by atoms with Gasteiger partial charge in [-0.05, 0) is 30.2 Å². The van der Waals surface area contributed by atoms with Gasteiger partial charge in [-0.25, -0.2) is 0 Å². The van der Waals surface area contributed by atoms with Gasteiger partial charge in [0.05, 0.1) is 0 Å². The predicted molar refractivity (Wildman–Crippen MR) is 82.4 cm³/mol. The Kier molecular flexibility index (Phi) is 4.86. The lowest BCUT2D eigenvalue weighted by atomic mass is 10.1. The summed E-state index contributed by atoms with van der Waals surface area (Å²) in [6.07, 6.45) is 0.665. The number of anilines is 1. The van der Waals surface area contributed by atoms with Crippen LogP contribution in [0.25, 0.3) is 0 Å². The van der Waals surface area contributed by atoms with Crippen LogP contribution in [0.4, 0.5) is 5.69 Å². The molecule has 2 rings (SSSR count). The molecule has 0 aromatic heterocycles. The van der Waals surface area contributed by atoms with E-state index in [0.717, 1.165) is 30.7 Å². The summed E-state index contributed by atoms with van der Waals surface area (Å²) < 4.78 is 1.10. The monoisotopic (exact) mass is 324 g/mol. The molecule has 1 fully saturated rings. The summed E-state index contributed by atoms with van der Waals surface area (Å²) in [6.45, 7) is 7.70. The van der Waals surface area contributed by atoms with Crippen LogP contribution in [0.2, 0.25) is 0 Å². The van der Waals surface area contributed by atoms with Crippen molar-refractivity contribution in [1.29, 1.82) is 0 Å². The zero-order valence-corrected chi connectivity index (χ0v) is 13.2. The second-order valence-electron chi connectivity index (χ2n) is 5.44. The second kappa shape index (κ2) is 6.42. The molecule has 104 valence electrons. The first kappa shape index (κ1) is 14.4. The van der Waals surface area contributed by atoms with Crippen molar-refractivity contribution in [3.8, 4) is 0 Å². The minimum atomic E-state index is 0.297. The normalized spacial score (nSPS) is 16.0. The maximum Gasteiger partial charge on any atom is 0.222 e. The van der Waals surface area contributed by atoms with Gasteiger partial charge in [0.15, 0.2) is 0 Å². The first-order valence-electron chi connectivity index (χ1n) is 6.84. The maximum absolute atomic E-state index is 12.0. The van der Waals surface area contributed by atoms with E-state index >= 15 is 0 Å². The molecule has 1 aliphatic rings. The van der Waals surface area contributed by atoms with E-state index in [0.29, 0.717) is 18.2 Å². The number of hydrogen-bond donors (Lipinski definition) is 0. The Hall–Kier alpha value is -1.03. The van der Waals surface area contributed by atoms with Crippen LogP contribution in [-0.2, 0) is 4.79 Å². The van der Waals surface area contributed by atoms with Gasteiger partial charge in [-0.1, -0.05) is 29.8 Å². The number of halogens is 1. The number of benzene rings is 1.